The van der Waals surface area contributed by atoms with E-state index in [1.165, 1.54) is 6.07 Å². The van der Waals surface area contributed by atoms with E-state index in [-0.39, 0.29) is 24.1 Å². The maximum atomic E-state index is 13.0. The number of amides is 1. The standard InChI is InChI=1S/C19H18F3NO3/c20-19(21,22)14-8-9-17(26-12-15-7-4-10-25-15)16(11-14)23-18(24)13-5-2-1-3-6-13/h1-3,5-6,8-9,11,15H,4,7,10,12H2,(H,23,24)/t15-/m1/s1. The monoisotopic (exact) mass is 365 g/mol. The third-order valence-electron chi connectivity index (χ3n) is 4.04. The second kappa shape index (κ2) is 7.78. The summed E-state index contributed by atoms with van der Waals surface area (Å²) in [7, 11) is 0. The van der Waals surface area contributed by atoms with Gasteiger partial charge in [-0.3, -0.25) is 4.79 Å². The topological polar surface area (TPSA) is 47.6 Å². The van der Waals surface area contributed by atoms with E-state index < -0.39 is 17.6 Å². The number of rotatable bonds is 5. The van der Waals surface area contributed by atoms with Gasteiger partial charge in [-0.15, -0.1) is 0 Å². The number of carbonyl (C=O) groups excluding carboxylic acids is 1. The number of halogens is 3. The van der Waals surface area contributed by atoms with Crippen LogP contribution in [-0.2, 0) is 10.9 Å². The fraction of sp³-hybridized carbons (Fsp3) is 0.316. The van der Waals surface area contributed by atoms with Crippen molar-refractivity contribution >= 4 is 11.6 Å². The number of alkyl halides is 3. The first kappa shape index (κ1) is 18.3. The lowest BCUT2D eigenvalue weighted by Crippen LogP contribution is -2.18. The fourth-order valence-corrected chi connectivity index (χ4v) is 2.67. The van der Waals surface area contributed by atoms with E-state index in [1.807, 2.05) is 0 Å². The van der Waals surface area contributed by atoms with Crippen LogP contribution in [0.3, 0.4) is 0 Å². The van der Waals surface area contributed by atoms with Gasteiger partial charge in [0.15, 0.2) is 0 Å². The summed E-state index contributed by atoms with van der Waals surface area (Å²) < 4.78 is 50.1. The number of hydrogen-bond acceptors (Lipinski definition) is 3. The lowest BCUT2D eigenvalue weighted by Gasteiger charge is -2.17. The molecular formula is C19H18F3NO3. The number of ether oxygens (including phenoxy) is 2. The molecule has 0 unspecified atom stereocenters. The van der Waals surface area contributed by atoms with Crippen LogP contribution in [-0.4, -0.2) is 25.2 Å². The van der Waals surface area contributed by atoms with Gasteiger partial charge in [-0.2, -0.15) is 13.2 Å². The molecule has 0 spiro atoms. The summed E-state index contributed by atoms with van der Waals surface area (Å²) in [5.74, 6) is -0.329. The zero-order valence-electron chi connectivity index (χ0n) is 13.9. The minimum absolute atomic E-state index is 0.0216. The minimum atomic E-state index is -4.51. The van der Waals surface area contributed by atoms with Crippen molar-refractivity contribution < 1.29 is 27.4 Å². The molecule has 1 amide bonds. The second-order valence-electron chi connectivity index (χ2n) is 5.97. The first-order valence-corrected chi connectivity index (χ1v) is 8.25. The van der Waals surface area contributed by atoms with Gasteiger partial charge in [0.2, 0.25) is 0 Å². The molecule has 26 heavy (non-hydrogen) atoms. The van der Waals surface area contributed by atoms with Gasteiger partial charge in [-0.1, -0.05) is 18.2 Å². The van der Waals surface area contributed by atoms with Crippen LogP contribution in [0.15, 0.2) is 48.5 Å². The second-order valence-corrected chi connectivity index (χ2v) is 5.97. The first-order valence-electron chi connectivity index (χ1n) is 8.25. The normalized spacial score (nSPS) is 17.1. The van der Waals surface area contributed by atoms with Crippen molar-refractivity contribution in [2.24, 2.45) is 0 Å². The Labute approximate surface area is 148 Å². The molecule has 0 bridgehead atoms. The van der Waals surface area contributed by atoms with E-state index in [2.05, 4.69) is 5.32 Å². The molecule has 2 aromatic carbocycles. The van der Waals surface area contributed by atoms with Crippen LogP contribution in [0.4, 0.5) is 18.9 Å². The van der Waals surface area contributed by atoms with Crippen molar-refractivity contribution in [2.75, 3.05) is 18.5 Å². The molecule has 0 radical (unpaired) electrons. The molecule has 138 valence electrons. The molecule has 2 aromatic rings. The number of benzene rings is 2. The van der Waals surface area contributed by atoms with Gasteiger partial charge in [-0.25, -0.2) is 0 Å². The Kier molecular flexibility index (Phi) is 5.46. The molecule has 3 rings (SSSR count). The Bertz CT molecular complexity index is 756. The van der Waals surface area contributed by atoms with E-state index in [0.29, 0.717) is 12.2 Å². The average molecular weight is 365 g/mol. The summed E-state index contributed by atoms with van der Waals surface area (Å²) in [6.07, 6.45) is -2.83. The molecule has 4 nitrogen and oxygen atoms in total. The van der Waals surface area contributed by atoms with E-state index in [1.54, 1.807) is 30.3 Å². The maximum absolute atomic E-state index is 13.0. The van der Waals surface area contributed by atoms with Crippen molar-refractivity contribution in [1.29, 1.82) is 0 Å². The molecule has 0 aliphatic carbocycles. The van der Waals surface area contributed by atoms with Crippen LogP contribution in [0.1, 0.15) is 28.8 Å². The summed E-state index contributed by atoms with van der Waals surface area (Å²) >= 11 is 0. The van der Waals surface area contributed by atoms with Gasteiger partial charge in [-0.05, 0) is 43.2 Å². The summed E-state index contributed by atoms with van der Waals surface area (Å²) in [4.78, 5) is 12.3. The van der Waals surface area contributed by atoms with Crippen LogP contribution in [0.2, 0.25) is 0 Å². The summed E-state index contributed by atoms with van der Waals surface area (Å²) in [6, 6.07) is 11.3. The maximum Gasteiger partial charge on any atom is 0.416 e. The van der Waals surface area contributed by atoms with Crippen LogP contribution < -0.4 is 10.1 Å². The smallest absolute Gasteiger partial charge is 0.416 e. The number of hydrogen-bond donors (Lipinski definition) is 1. The quantitative estimate of drug-likeness (QED) is 0.848. The minimum Gasteiger partial charge on any atom is -0.489 e. The highest BCUT2D eigenvalue weighted by Gasteiger charge is 2.31. The van der Waals surface area contributed by atoms with Crippen molar-refractivity contribution in [3.63, 3.8) is 0 Å². The van der Waals surface area contributed by atoms with E-state index >= 15 is 0 Å². The lowest BCUT2D eigenvalue weighted by molar-refractivity contribution is -0.137. The average Bonchev–Trinajstić information content (AvgIpc) is 3.14. The van der Waals surface area contributed by atoms with Crippen LogP contribution in [0.25, 0.3) is 0 Å². The first-order chi connectivity index (χ1) is 12.4. The predicted octanol–water partition coefficient (Wildman–Crippen LogP) is 4.52. The van der Waals surface area contributed by atoms with Crippen LogP contribution in [0.5, 0.6) is 5.75 Å². The molecule has 0 saturated carbocycles. The van der Waals surface area contributed by atoms with Gasteiger partial charge in [0.05, 0.1) is 17.4 Å². The van der Waals surface area contributed by atoms with Crippen molar-refractivity contribution in [3.8, 4) is 5.75 Å². The van der Waals surface area contributed by atoms with Gasteiger partial charge in [0.1, 0.15) is 12.4 Å². The molecule has 1 atom stereocenters. The van der Waals surface area contributed by atoms with Crippen molar-refractivity contribution in [3.05, 3.63) is 59.7 Å². The Morgan fingerprint density at radius 1 is 1.19 bits per heavy atom. The summed E-state index contributed by atoms with van der Waals surface area (Å²) in [5, 5.41) is 2.51. The largest absolute Gasteiger partial charge is 0.489 e. The summed E-state index contributed by atoms with van der Waals surface area (Å²) in [6.45, 7) is 0.873. The predicted molar refractivity (Wildman–Crippen MR) is 90.3 cm³/mol. The number of nitrogens with one attached hydrogen (secondary N) is 1. The molecule has 1 aliphatic heterocycles. The van der Waals surface area contributed by atoms with Crippen molar-refractivity contribution in [2.45, 2.75) is 25.1 Å². The Morgan fingerprint density at radius 3 is 2.62 bits per heavy atom. The molecule has 1 saturated heterocycles. The van der Waals surface area contributed by atoms with Gasteiger partial charge in [0, 0.05) is 12.2 Å². The number of anilines is 1. The Morgan fingerprint density at radius 2 is 1.96 bits per heavy atom. The SMILES string of the molecule is O=C(Nc1cc(C(F)(F)F)ccc1OC[C@H]1CCCO1)c1ccccc1. The van der Waals surface area contributed by atoms with E-state index in [9.17, 15) is 18.0 Å². The highest BCUT2D eigenvalue weighted by atomic mass is 19.4. The van der Waals surface area contributed by atoms with E-state index in [0.717, 1.165) is 25.0 Å². The van der Waals surface area contributed by atoms with E-state index in [4.69, 9.17) is 9.47 Å². The molecule has 1 heterocycles. The fourth-order valence-electron chi connectivity index (χ4n) is 2.67. The molecular weight excluding hydrogens is 347 g/mol. The Balaban J connectivity index is 1.82. The van der Waals surface area contributed by atoms with Crippen LogP contribution in [0, 0.1) is 0 Å². The van der Waals surface area contributed by atoms with Crippen LogP contribution >= 0.6 is 0 Å². The third kappa shape index (κ3) is 4.54. The third-order valence-corrected chi connectivity index (χ3v) is 4.04. The van der Waals surface area contributed by atoms with Gasteiger partial charge in [0.25, 0.3) is 5.91 Å². The van der Waals surface area contributed by atoms with Gasteiger partial charge < -0.3 is 14.8 Å². The molecule has 7 heteroatoms. The highest BCUT2D eigenvalue weighted by Crippen LogP contribution is 2.35. The molecule has 1 N–H and O–H groups in total. The zero-order chi connectivity index (χ0) is 18.6. The Hall–Kier alpha value is -2.54. The molecule has 0 aromatic heterocycles. The number of carbonyl (C=O) groups is 1. The van der Waals surface area contributed by atoms with Gasteiger partial charge >= 0.3 is 6.18 Å². The summed E-state index contributed by atoms with van der Waals surface area (Å²) in [5.41, 5.74) is -0.535. The lowest BCUT2D eigenvalue weighted by atomic mass is 10.1. The molecule has 1 fully saturated rings. The molecule has 1 aliphatic rings. The highest BCUT2D eigenvalue weighted by molar-refractivity contribution is 6.05. The van der Waals surface area contributed by atoms with Crippen molar-refractivity contribution in [1.82, 2.24) is 0 Å². The zero-order valence-corrected chi connectivity index (χ0v) is 13.9.